The molecule has 0 aliphatic heterocycles. The number of methoxy groups -OCH3 is 1. The van der Waals surface area contributed by atoms with Gasteiger partial charge in [0.2, 0.25) is 0 Å². The molecule has 3 nitrogen and oxygen atoms in total. The number of ether oxygens (including phenoxy) is 1. The largest absolute Gasteiger partial charge is 0.469 e. The first-order valence-corrected chi connectivity index (χ1v) is 6.34. The first kappa shape index (κ1) is 13.5. The van der Waals surface area contributed by atoms with Gasteiger partial charge in [-0.3, -0.25) is 4.79 Å². The zero-order chi connectivity index (χ0) is 12.1. The molecule has 1 aliphatic rings. The molecule has 3 unspecified atom stereocenters. The Kier molecular flexibility index (Phi) is 5.26. The van der Waals surface area contributed by atoms with Crippen molar-refractivity contribution < 1.29 is 9.53 Å². The molecule has 1 saturated carbocycles. The maximum Gasteiger partial charge on any atom is 0.307 e. The van der Waals surface area contributed by atoms with E-state index in [1.54, 1.807) is 0 Å². The van der Waals surface area contributed by atoms with Gasteiger partial charge in [-0.05, 0) is 38.0 Å². The molecule has 3 atom stereocenters. The predicted molar refractivity (Wildman–Crippen MR) is 65.2 cm³/mol. The van der Waals surface area contributed by atoms with Crippen LogP contribution in [-0.2, 0) is 9.53 Å². The van der Waals surface area contributed by atoms with Crippen molar-refractivity contribution in [3.63, 3.8) is 0 Å². The van der Waals surface area contributed by atoms with Gasteiger partial charge in [-0.15, -0.1) is 0 Å². The number of esters is 1. The second-order valence-electron chi connectivity index (χ2n) is 5.46. The Morgan fingerprint density at radius 2 is 1.88 bits per heavy atom. The Balaban J connectivity index is 2.32. The monoisotopic (exact) mass is 227 g/mol. The van der Waals surface area contributed by atoms with Crippen molar-refractivity contribution in [1.29, 1.82) is 0 Å². The Morgan fingerprint density at radius 3 is 2.38 bits per heavy atom. The third-order valence-corrected chi connectivity index (χ3v) is 3.40. The van der Waals surface area contributed by atoms with Crippen LogP contribution in [0.3, 0.4) is 0 Å². The highest BCUT2D eigenvalue weighted by molar-refractivity contribution is 5.69. The number of rotatable bonds is 4. The van der Waals surface area contributed by atoms with E-state index in [-0.39, 0.29) is 12.0 Å². The second kappa shape index (κ2) is 6.24. The van der Waals surface area contributed by atoms with Gasteiger partial charge in [0, 0.05) is 12.1 Å². The van der Waals surface area contributed by atoms with E-state index in [2.05, 4.69) is 30.8 Å². The average Bonchev–Trinajstić information content (AvgIpc) is 2.15. The van der Waals surface area contributed by atoms with Crippen LogP contribution in [0.5, 0.6) is 0 Å². The van der Waals surface area contributed by atoms with Crippen molar-refractivity contribution in [2.45, 2.75) is 58.5 Å². The fourth-order valence-electron chi connectivity index (χ4n) is 2.88. The summed E-state index contributed by atoms with van der Waals surface area (Å²) in [6, 6.07) is 0.786. The van der Waals surface area contributed by atoms with Crippen molar-refractivity contribution in [3.05, 3.63) is 0 Å². The molecular formula is C13H25NO2. The summed E-state index contributed by atoms with van der Waals surface area (Å²) in [5, 5.41) is 3.54. The van der Waals surface area contributed by atoms with Gasteiger partial charge in [0.25, 0.3) is 0 Å². The molecule has 16 heavy (non-hydrogen) atoms. The van der Waals surface area contributed by atoms with E-state index in [1.165, 1.54) is 26.4 Å². The van der Waals surface area contributed by atoms with E-state index in [9.17, 15) is 4.79 Å². The lowest BCUT2D eigenvalue weighted by Crippen LogP contribution is -2.42. The zero-order valence-corrected chi connectivity index (χ0v) is 11.0. The molecule has 0 aromatic carbocycles. The van der Waals surface area contributed by atoms with Crippen LogP contribution in [0.15, 0.2) is 0 Å². The summed E-state index contributed by atoms with van der Waals surface area (Å²) in [5.74, 6) is 1.47. The van der Waals surface area contributed by atoms with Crippen molar-refractivity contribution in [2.75, 3.05) is 7.11 Å². The molecule has 0 amide bonds. The molecule has 0 spiro atoms. The van der Waals surface area contributed by atoms with Gasteiger partial charge in [0.15, 0.2) is 0 Å². The maximum atomic E-state index is 11.1. The minimum absolute atomic E-state index is 0.128. The van der Waals surface area contributed by atoms with Gasteiger partial charge < -0.3 is 10.1 Å². The standard InChI is InChI=1S/C13H25NO2/c1-9-5-10(2)7-12(6-9)14-11(3)8-13(15)16-4/h9-12,14H,5-8H2,1-4H3. The molecular weight excluding hydrogens is 202 g/mol. The van der Waals surface area contributed by atoms with E-state index in [0.717, 1.165) is 11.8 Å². The van der Waals surface area contributed by atoms with Crippen LogP contribution in [0.25, 0.3) is 0 Å². The zero-order valence-electron chi connectivity index (χ0n) is 11.0. The van der Waals surface area contributed by atoms with Crippen LogP contribution in [0.4, 0.5) is 0 Å². The summed E-state index contributed by atoms with van der Waals surface area (Å²) in [6.45, 7) is 6.69. The van der Waals surface area contributed by atoms with Gasteiger partial charge in [0.05, 0.1) is 13.5 Å². The predicted octanol–water partition coefficient (Wildman–Crippen LogP) is 2.35. The fraction of sp³-hybridized carbons (Fsp3) is 0.923. The summed E-state index contributed by atoms with van der Waals surface area (Å²) < 4.78 is 4.67. The summed E-state index contributed by atoms with van der Waals surface area (Å²) in [5.41, 5.74) is 0. The Labute approximate surface area is 98.9 Å². The van der Waals surface area contributed by atoms with Crippen LogP contribution >= 0.6 is 0 Å². The summed E-state index contributed by atoms with van der Waals surface area (Å²) in [7, 11) is 1.44. The molecule has 3 heteroatoms. The first-order chi connectivity index (χ1) is 7.51. The van der Waals surface area contributed by atoms with Crippen molar-refractivity contribution in [1.82, 2.24) is 5.32 Å². The lowest BCUT2D eigenvalue weighted by molar-refractivity contribution is -0.141. The lowest BCUT2D eigenvalue weighted by atomic mass is 9.80. The van der Waals surface area contributed by atoms with Gasteiger partial charge in [-0.25, -0.2) is 0 Å². The van der Waals surface area contributed by atoms with E-state index in [4.69, 9.17) is 0 Å². The molecule has 0 saturated heterocycles. The quantitative estimate of drug-likeness (QED) is 0.749. The van der Waals surface area contributed by atoms with Crippen LogP contribution < -0.4 is 5.32 Å². The number of carbonyl (C=O) groups excluding carboxylic acids is 1. The molecule has 0 aromatic heterocycles. The van der Waals surface area contributed by atoms with Crippen LogP contribution in [-0.4, -0.2) is 25.2 Å². The van der Waals surface area contributed by atoms with E-state index in [1.807, 2.05) is 0 Å². The highest BCUT2D eigenvalue weighted by Gasteiger charge is 2.25. The first-order valence-electron chi connectivity index (χ1n) is 6.34. The second-order valence-corrected chi connectivity index (χ2v) is 5.46. The molecule has 0 radical (unpaired) electrons. The molecule has 1 rings (SSSR count). The van der Waals surface area contributed by atoms with E-state index >= 15 is 0 Å². The number of hydrogen-bond donors (Lipinski definition) is 1. The minimum atomic E-state index is -0.128. The summed E-state index contributed by atoms with van der Waals surface area (Å²) in [6.07, 6.45) is 4.27. The van der Waals surface area contributed by atoms with E-state index in [0.29, 0.717) is 12.5 Å². The molecule has 1 N–H and O–H groups in total. The molecule has 0 bridgehead atoms. The van der Waals surface area contributed by atoms with E-state index < -0.39 is 0 Å². The normalized spacial score (nSPS) is 32.1. The number of nitrogens with one attached hydrogen (secondary N) is 1. The topological polar surface area (TPSA) is 38.3 Å². The van der Waals surface area contributed by atoms with Gasteiger partial charge in [-0.2, -0.15) is 0 Å². The SMILES string of the molecule is COC(=O)CC(C)NC1CC(C)CC(C)C1. The number of carbonyl (C=O) groups is 1. The Morgan fingerprint density at radius 1 is 1.31 bits per heavy atom. The van der Waals surface area contributed by atoms with Crippen LogP contribution in [0.1, 0.15) is 46.5 Å². The van der Waals surface area contributed by atoms with Crippen LogP contribution in [0, 0.1) is 11.8 Å². The highest BCUT2D eigenvalue weighted by atomic mass is 16.5. The molecule has 0 aromatic rings. The Bertz CT molecular complexity index is 220. The van der Waals surface area contributed by atoms with Gasteiger partial charge >= 0.3 is 5.97 Å². The third-order valence-electron chi connectivity index (χ3n) is 3.40. The molecule has 1 fully saturated rings. The smallest absolute Gasteiger partial charge is 0.307 e. The molecule has 94 valence electrons. The average molecular weight is 227 g/mol. The molecule has 1 aliphatic carbocycles. The third kappa shape index (κ3) is 4.52. The summed E-state index contributed by atoms with van der Waals surface area (Å²) >= 11 is 0. The minimum Gasteiger partial charge on any atom is -0.469 e. The maximum absolute atomic E-state index is 11.1. The Hall–Kier alpha value is -0.570. The highest BCUT2D eigenvalue weighted by Crippen LogP contribution is 2.28. The lowest BCUT2D eigenvalue weighted by Gasteiger charge is -2.33. The molecule has 0 heterocycles. The van der Waals surface area contributed by atoms with Gasteiger partial charge in [-0.1, -0.05) is 13.8 Å². The fourth-order valence-corrected chi connectivity index (χ4v) is 2.88. The summed E-state index contributed by atoms with van der Waals surface area (Å²) in [4.78, 5) is 11.1. The van der Waals surface area contributed by atoms with Crippen LogP contribution in [0.2, 0.25) is 0 Å². The van der Waals surface area contributed by atoms with Gasteiger partial charge in [0.1, 0.15) is 0 Å². The van der Waals surface area contributed by atoms with Crippen molar-refractivity contribution in [3.8, 4) is 0 Å². The number of hydrogen-bond acceptors (Lipinski definition) is 3. The van der Waals surface area contributed by atoms with Crippen molar-refractivity contribution in [2.24, 2.45) is 11.8 Å². The van der Waals surface area contributed by atoms with Crippen molar-refractivity contribution >= 4 is 5.97 Å².